The van der Waals surface area contributed by atoms with E-state index in [-0.39, 0.29) is 6.54 Å². The van der Waals surface area contributed by atoms with Crippen molar-refractivity contribution in [2.75, 3.05) is 31.5 Å². The van der Waals surface area contributed by atoms with Crippen LogP contribution in [0, 0.1) is 0 Å². The van der Waals surface area contributed by atoms with Gasteiger partial charge in [0.15, 0.2) is 0 Å². The second-order valence-corrected chi connectivity index (χ2v) is 7.22. The van der Waals surface area contributed by atoms with Crippen molar-refractivity contribution in [2.45, 2.75) is 58.3 Å². The Bertz CT molecular complexity index is 672. The van der Waals surface area contributed by atoms with E-state index in [0.29, 0.717) is 0 Å². The Hall–Kier alpha value is -1.95. The summed E-state index contributed by atoms with van der Waals surface area (Å²) in [5, 5.41) is 12.6. The van der Waals surface area contributed by atoms with Crippen LogP contribution in [0.4, 0.5) is 5.82 Å². The minimum Gasteiger partial charge on any atom is -0.480 e. The van der Waals surface area contributed by atoms with Gasteiger partial charge in [-0.15, -0.1) is 0 Å². The number of hydrogen-bond acceptors (Lipinski definition) is 5. The average Bonchev–Trinajstić information content (AvgIpc) is 2.84. The molecule has 142 valence electrons. The van der Waals surface area contributed by atoms with Crippen molar-refractivity contribution >= 4 is 11.8 Å². The molecule has 0 amide bonds. The second kappa shape index (κ2) is 9.12. The van der Waals surface area contributed by atoms with Crippen LogP contribution in [0.3, 0.4) is 0 Å². The molecule has 0 unspecified atom stereocenters. The second-order valence-electron chi connectivity index (χ2n) is 7.22. The van der Waals surface area contributed by atoms with E-state index in [1.165, 1.54) is 31.2 Å². The monoisotopic (exact) mass is 358 g/mol. The number of nitrogens with zero attached hydrogens (tertiary/aromatic N) is 3. The van der Waals surface area contributed by atoms with Crippen LogP contribution < -0.4 is 5.32 Å². The highest BCUT2D eigenvalue weighted by atomic mass is 16.4. The van der Waals surface area contributed by atoms with Crippen LogP contribution in [-0.4, -0.2) is 52.1 Å². The summed E-state index contributed by atoms with van der Waals surface area (Å²) >= 11 is 0. The SMILES string of the molecule is CCc1nc2c(c(NCCC3=CCCCC3)n1)CCN(CC(=O)O)CC2. The lowest BCUT2D eigenvalue weighted by atomic mass is 9.97. The van der Waals surface area contributed by atoms with Gasteiger partial charge in [-0.1, -0.05) is 18.6 Å². The van der Waals surface area contributed by atoms with Crippen molar-refractivity contribution in [2.24, 2.45) is 0 Å². The molecule has 2 N–H and O–H groups in total. The number of aliphatic carboxylic acids is 1. The molecule has 26 heavy (non-hydrogen) atoms. The minimum absolute atomic E-state index is 0.0962. The molecule has 0 saturated heterocycles. The molecule has 6 heteroatoms. The first-order valence-corrected chi connectivity index (χ1v) is 9.90. The Kier molecular flexibility index (Phi) is 6.61. The Balaban J connectivity index is 1.69. The Morgan fingerprint density at radius 3 is 2.81 bits per heavy atom. The third-order valence-corrected chi connectivity index (χ3v) is 5.28. The van der Waals surface area contributed by atoms with E-state index >= 15 is 0 Å². The highest BCUT2D eigenvalue weighted by molar-refractivity contribution is 5.69. The van der Waals surface area contributed by atoms with Crippen LogP contribution in [0.25, 0.3) is 0 Å². The zero-order valence-electron chi connectivity index (χ0n) is 15.8. The van der Waals surface area contributed by atoms with Crippen molar-refractivity contribution in [3.8, 4) is 0 Å². The van der Waals surface area contributed by atoms with Crippen LogP contribution >= 0.6 is 0 Å². The molecule has 0 fully saturated rings. The summed E-state index contributed by atoms with van der Waals surface area (Å²) in [5.41, 5.74) is 3.82. The van der Waals surface area contributed by atoms with Crippen LogP contribution in [-0.2, 0) is 24.1 Å². The topological polar surface area (TPSA) is 78.4 Å². The average molecular weight is 358 g/mol. The summed E-state index contributed by atoms with van der Waals surface area (Å²) in [5.74, 6) is 1.06. The molecule has 1 aromatic heterocycles. The van der Waals surface area contributed by atoms with Crippen molar-refractivity contribution in [3.05, 3.63) is 28.7 Å². The van der Waals surface area contributed by atoms with Crippen LogP contribution in [0.1, 0.15) is 56.1 Å². The van der Waals surface area contributed by atoms with Gasteiger partial charge in [-0.2, -0.15) is 0 Å². The molecule has 2 aliphatic rings. The summed E-state index contributed by atoms with van der Waals surface area (Å²) in [6.07, 6.45) is 11.0. The van der Waals surface area contributed by atoms with Gasteiger partial charge in [0, 0.05) is 38.0 Å². The minimum atomic E-state index is -0.768. The molecule has 2 heterocycles. The maximum Gasteiger partial charge on any atom is 0.317 e. The Morgan fingerprint density at radius 2 is 2.08 bits per heavy atom. The lowest BCUT2D eigenvalue weighted by Crippen LogP contribution is -2.31. The van der Waals surface area contributed by atoms with Crippen molar-refractivity contribution in [3.63, 3.8) is 0 Å². The molecular formula is C20H30N4O2. The van der Waals surface area contributed by atoms with E-state index in [0.717, 1.165) is 62.7 Å². The number of fused-ring (bicyclic) bond motifs is 1. The number of carbonyl (C=O) groups is 1. The number of nitrogens with one attached hydrogen (secondary N) is 1. The summed E-state index contributed by atoms with van der Waals surface area (Å²) in [4.78, 5) is 22.5. The van der Waals surface area contributed by atoms with Crippen LogP contribution in [0.5, 0.6) is 0 Å². The predicted octanol–water partition coefficient (Wildman–Crippen LogP) is 2.83. The fraction of sp³-hybridized carbons (Fsp3) is 0.650. The number of allylic oxidation sites excluding steroid dienone is 1. The summed E-state index contributed by atoms with van der Waals surface area (Å²) < 4.78 is 0. The zero-order chi connectivity index (χ0) is 18.4. The molecule has 0 spiro atoms. The molecule has 1 aromatic rings. The number of aromatic nitrogens is 2. The van der Waals surface area contributed by atoms with Gasteiger partial charge >= 0.3 is 5.97 Å². The quantitative estimate of drug-likeness (QED) is 0.730. The number of rotatable bonds is 7. The first-order valence-electron chi connectivity index (χ1n) is 9.90. The Labute approximate surface area is 155 Å². The van der Waals surface area contributed by atoms with Gasteiger partial charge in [0.05, 0.1) is 12.2 Å². The standard InChI is InChI=1S/C20H30N4O2/c1-2-18-22-17-10-13-24(14-19(25)26)12-9-16(17)20(23-18)21-11-8-15-6-4-3-5-7-15/h6H,2-5,7-14H2,1H3,(H,25,26)(H,21,22,23). The molecule has 1 aliphatic heterocycles. The fourth-order valence-electron chi connectivity index (χ4n) is 3.82. The van der Waals surface area contributed by atoms with Crippen molar-refractivity contribution in [1.29, 1.82) is 0 Å². The number of hydrogen-bond donors (Lipinski definition) is 2. The van der Waals surface area contributed by atoms with Crippen LogP contribution in [0.15, 0.2) is 11.6 Å². The highest BCUT2D eigenvalue weighted by Gasteiger charge is 2.21. The fourth-order valence-corrected chi connectivity index (χ4v) is 3.82. The number of aryl methyl sites for hydroxylation is 1. The van der Waals surface area contributed by atoms with Gasteiger partial charge in [0.1, 0.15) is 11.6 Å². The molecule has 0 bridgehead atoms. The van der Waals surface area contributed by atoms with Gasteiger partial charge in [-0.3, -0.25) is 9.69 Å². The Morgan fingerprint density at radius 1 is 1.23 bits per heavy atom. The van der Waals surface area contributed by atoms with E-state index in [2.05, 4.69) is 18.3 Å². The first kappa shape index (κ1) is 18.8. The molecule has 0 atom stereocenters. The predicted molar refractivity (Wildman–Crippen MR) is 103 cm³/mol. The smallest absolute Gasteiger partial charge is 0.317 e. The third kappa shape index (κ3) is 5.04. The zero-order valence-corrected chi connectivity index (χ0v) is 15.8. The third-order valence-electron chi connectivity index (χ3n) is 5.28. The van der Waals surface area contributed by atoms with Gasteiger partial charge in [0.25, 0.3) is 0 Å². The van der Waals surface area contributed by atoms with Gasteiger partial charge in [-0.25, -0.2) is 9.97 Å². The van der Waals surface area contributed by atoms with E-state index in [1.807, 2.05) is 4.90 Å². The maximum absolute atomic E-state index is 11.0. The van der Waals surface area contributed by atoms with E-state index in [9.17, 15) is 4.79 Å². The summed E-state index contributed by atoms with van der Waals surface area (Å²) in [6.45, 7) is 4.56. The highest BCUT2D eigenvalue weighted by Crippen LogP contribution is 2.23. The molecule has 6 nitrogen and oxygen atoms in total. The molecule has 0 aromatic carbocycles. The number of carboxylic acid groups (broad SMARTS) is 1. The molecule has 3 rings (SSSR count). The van der Waals surface area contributed by atoms with E-state index < -0.39 is 5.97 Å². The normalized spacial score (nSPS) is 18.0. The van der Waals surface area contributed by atoms with Crippen molar-refractivity contribution in [1.82, 2.24) is 14.9 Å². The number of anilines is 1. The van der Waals surface area contributed by atoms with E-state index in [4.69, 9.17) is 15.1 Å². The van der Waals surface area contributed by atoms with Gasteiger partial charge in [0.2, 0.25) is 0 Å². The number of carboxylic acids is 1. The molecule has 0 saturated carbocycles. The van der Waals surface area contributed by atoms with Gasteiger partial charge in [-0.05, 0) is 38.5 Å². The maximum atomic E-state index is 11.0. The molecular weight excluding hydrogens is 328 g/mol. The largest absolute Gasteiger partial charge is 0.480 e. The molecule has 0 radical (unpaired) electrons. The van der Waals surface area contributed by atoms with Crippen molar-refractivity contribution < 1.29 is 9.90 Å². The summed E-state index contributed by atoms with van der Waals surface area (Å²) in [6, 6.07) is 0. The van der Waals surface area contributed by atoms with Crippen LogP contribution in [0.2, 0.25) is 0 Å². The lowest BCUT2D eigenvalue weighted by molar-refractivity contribution is -0.138. The molecule has 1 aliphatic carbocycles. The first-order chi connectivity index (χ1) is 12.7. The summed E-state index contributed by atoms with van der Waals surface area (Å²) in [7, 11) is 0. The van der Waals surface area contributed by atoms with E-state index in [1.54, 1.807) is 5.57 Å². The lowest BCUT2D eigenvalue weighted by Gasteiger charge is -2.17. The van der Waals surface area contributed by atoms with Gasteiger partial charge < -0.3 is 10.4 Å².